The molecule has 7 nitrogen and oxygen atoms in total. The van der Waals surface area contributed by atoms with Gasteiger partial charge >= 0.3 is 5.97 Å². The lowest BCUT2D eigenvalue weighted by atomic mass is 9.78. The molecule has 0 radical (unpaired) electrons. The van der Waals surface area contributed by atoms with Crippen molar-refractivity contribution in [1.82, 2.24) is 15.0 Å². The fourth-order valence-electron chi connectivity index (χ4n) is 3.72. The van der Waals surface area contributed by atoms with Crippen LogP contribution in [0.5, 0.6) is 0 Å². The number of hydrogen-bond donors (Lipinski definition) is 2. The summed E-state index contributed by atoms with van der Waals surface area (Å²) in [6, 6.07) is 0.135. The molecule has 7 heteroatoms. The first-order valence-electron chi connectivity index (χ1n) is 7.66. The molecule has 1 spiro atoms. The van der Waals surface area contributed by atoms with Crippen molar-refractivity contribution < 1.29 is 14.6 Å². The highest BCUT2D eigenvalue weighted by Gasteiger charge is 2.40. The predicted molar refractivity (Wildman–Crippen MR) is 74.9 cm³/mol. The fraction of sp³-hybridized carbons (Fsp3) is 0.786. The summed E-state index contributed by atoms with van der Waals surface area (Å²) >= 11 is 0. The second-order valence-corrected chi connectivity index (χ2v) is 6.08. The lowest BCUT2D eigenvalue weighted by Crippen LogP contribution is -2.42. The minimum atomic E-state index is -1.07. The van der Waals surface area contributed by atoms with E-state index < -0.39 is 5.97 Å². The monoisotopic (exact) mass is 294 g/mol. The van der Waals surface area contributed by atoms with Gasteiger partial charge in [0.25, 0.3) is 0 Å². The maximum atomic E-state index is 11.2. The number of rotatable bonds is 3. The molecule has 1 saturated carbocycles. The van der Waals surface area contributed by atoms with E-state index in [1.54, 1.807) is 4.68 Å². The molecule has 0 amide bonds. The SMILES string of the molecule is NCc1c(C(=O)O)nnn1C1CCOC2(CCCCC2)C1. The minimum absolute atomic E-state index is 0.0262. The number of carboxylic acids is 1. The van der Waals surface area contributed by atoms with Gasteiger partial charge in [0, 0.05) is 13.2 Å². The molecular weight excluding hydrogens is 272 g/mol. The predicted octanol–water partition coefficient (Wildman–Crippen LogP) is 1.49. The Kier molecular flexibility index (Phi) is 3.95. The Labute approximate surface area is 123 Å². The van der Waals surface area contributed by atoms with Crippen LogP contribution in [0.4, 0.5) is 0 Å². The third-order valence-corrected chi connectivity index (χ3v) is 4.76. The van der Waals surface area contributed by atoms with E-state index in [4.69, 9.17) is 15.6 Å². The standard InChI is InChI=1S/C14H22N4O3/c15-9-11-12(13(19)20)16-17-18(11)10-4-7-21-14(8-10)5-2-1-3-6-14/h10H,1-9,15H2,(H,19,20). The van der Waals surface area contributed by atoms with Crippen molar-refractivity contribution in [3.05, 3.63) is 11.4 Å². The van der Waals surface area contributed by atoms with E-state index in [1.807, 2.05) is 0 Å². The highest BCUT2D eigenvalue weighted by Crippen LogP contribution is 2.42. The molecule has 1 aliphatic heterocycles. The van der Waals surface area contributed by atoms with Gasteiger partial charge in [0.05, 0.1) is 17.3 Å². The molecule has 21 heavy (non-hydrogen) atoms. The van der Waals surface area contributed by atoms with Gasteiger partial charge < -0.3 is 15.6 Å². The van der Waals surface area contributed by atoms with Crippen molar-refractivity contribution >= 4 is 5.97 Å². The Morgan fingerprint density at radius 3 is 2.86 bits per heavy atom. The molecule has 2 fully saturated rings. The number of carbonyl (C=O) groups is 1. The van der Waals surface area contributed by atoms with Crippen LogP contribution < -0.4 is 5.73 Å². The molecule has 0 aromatic carbocycles. The average molecular weight is 294 g/mol. The van der Waals surface area contributed by atoms with Crippen LogP contribution in [0.25, 0.3) is 0 Å². The number of aromatic carboxylic acids is 1. The summed E-state index contributed by atoms with van der Waals surface area (Å²) in [5, 5.41) is 17.0. The van der Waals surface area contributed by atoms with Gasteiger partial charge in [-0.2, -0.15) is 0 Å². The molecule has 1 aromatic heterocycles. The molecule has 1 atom stereocenters. The molecule has 0 bridgehead atoms. The van der Waals surface area contributed by atoms with Gasteiger partial charge in [0.2, 0.25) is 0 Å². The van der Waals surface area contributed by atoms with E-state index in [2.05, 4.69) is 10.3 Å². The highest BCUT2D eigenvalue weighted by atomic mass is 16.5. The zero-order chi connectivity index (χ0) is 14.9. The number of nitrogens with two attached hydrogens (primary N) is 1. The number of aromatic nitrogens is 3. The molecular formula is C14H22N4O3. The van der Waals surface area contributed by atoms with E-state index in [9.17, 15) is 4.79 Å². The minimum Gasteiger partial charge on any atom is -0.476 e. The summed E-state index contributed by atoms with van der Waals surface area (Å²) < 4.78 is 7.80. The van der Waals surface area contributed by atoms with E-state index in [1.165, 1.54) is 19.3 Å². The van der Waals surface area contributed by atoms with Crippen molar-refractivity contribution in [2.45, 2.75) is 63.1 Å². The molecule has 1 aromatic rings. The first-order chi connectivity index (χ1) is 10.2. The van der Waals surface area contributed by atoms with E-state index >= 15 is 0 Å². The third-order valence-electron chi connectivity index (χ3n) is 4.76. The van der Waals surface area contributed by atoms with Crippen LogP contribution in [0.15, 0.2) is 0 Å². The van der Waals surface area contributed by atoms with Crippen molar-refractivity contribution in [3.8, 4) is 0 Å². The molecule has 116 valence electrons. The summed E-state index contributed by atoms with van der Waals surface area (Å²) in [6.45, 7) is 0.829. The fourth-order valence-corrected chi connectivity index (χ4v) is 3.72. The number of hydrogen-bond acceptors (Lipinski definition) is 5. The lowest BCUT2D eigenvalue weighted by Gasteiger charge is -2.43. The normalized spacial score (nSPS) is 25.1. The van der Waals surface area contributed by atoms with Crippen molar-refractivity contribution in [2.75, 3.05) is 6.61 Å². The van der Waals surface area contributed by atoms with Crippen LogP contribution in [-0.2, 0) is 11.3 Å². The Bertz CT molecular complexity index is 517. The van der Waals surface area contributed by atoms with Crippen LogP contribution in [-0.4, -0.2) is 38.3 Å². The maximum absolute atomic E-state index is 11.2. The van der Waals surface area contributed by atoms with Gasteiger partial charge in [-0.1, -0.05) is 24.5 Å². The summed E-state index contributed by atoms with van der Waals surface area (Å²) in [5.41, 5.74) is 6.15. The van der Waals surface area contributed by atoms with Crippen LogP contribution in [0.3, 0.4) is 0 Å². The molecule has 2 heterocycles. The smallest absolute Gasteiger partial charge is 0.358 e. The Morgan fingerprint density at radius 1 is 1.43 bits per heavy atom. The molecule has 3 rings (SSSR count). The zero-order valence-corrected chi connectivity index (χ0v) is 12.1. The number of ether oxygens (including phenoxy) is 1. The summed E-state index contributed by atoms with van der Waals surface area (Å²) in [7, 11) is 0. The molecule has 1 unspecified atom stereocenters. The lowest BCUT2D eigenvalue weighted by molar-refractivity contribution is -0.116. The quantitative estimate of drug-likeness (QED) is 0.875. The topological polar surface area (TPSA) is 103 Å². The van der Waals surface area contributed by atoms with Crippen molar-refractivity contribution in [2.24, 2.45) is 5.73 Å². The van der Waals surface area contributed by atoms with Crippen LogP contribution in [0, 0.1) is 0 Å². The Morgan fingerprint density at radius 2 is 2.19 bits per heavy atom. The Hall–Kier alpha value is -1.47. The van der Waals surface area contributed by atoms with E-state index in [0.717, 1.165) is 25.7 Å². The summed E-state index contributed by atoms with van der Waals surface area (Å²) in [6.07, 6.45) is 7.56. The summed E-state index contributed by atoms with van der Waals surface area (Å²) in [4.78, 5) is 11.2. The third kappa shape index (κ3) is 2.67. The first kappa shape index (κ1) is 14.5. The molecule has 2 aliphatic rings. The number of nitrogens with zero attached hydrogens (tertiary/aromatic N) is 3. The van der Waals surface area contributed by atoms with E-state index in [0.29, 0.717) is 12.3 Å². The van der Waals surface area contributed by atoms with Crippen LogP contribution in [0.2, 0.25) is 0 Å². The van der Waals surface area contributed by atoms with Gasteiger partial charge in [-0.05, 0) is 25.7 Å². The highest BCUT2D eigenvalue weighted by molar-refractivity contribution is 5.86. The zero-order valence-electron chi connectivity index (χ0n) is 12.1. The molecule has 3 N–H and O–H groups in total. The van der Waals surface area contributed by atoms with Gasteiger partial charge in [-0.15, -0.1) is 5.10 Å². The van der Waals surface area contributed by atoms with Gasteiger partial charge in [-0.25, -0.2) is 9.48 Å². The van der Waals surface area contributed by atoms with Crippen LogP contribution in [0.1, 0.15) is 67.2 Å². The summed E-state index contributed by atoms with van der Waals surface area (Å²) in [5.74, 6) is -1.07. The molecule has 1 saturated heterocycles. The van der Waals surface area contributed by atoms with Crippen molar-refractivity contribution in [3.63, 3.8) is 0 Å². The van der Waals surface area contributed by atoms with Gasteiger partial charge in [0.1, 0.15) is 0 Å². The second-order valence-electron chi connectivity index (χ2n) is 6.08. The molecule has 1 aliphatic carbocycles. The van der Waals surface area contributed by atoms with Crippen LogP contribution >= 0.6 is 0 Å². The first-order valence-corrected chi connectivity index (χ1v) is 7.66. The maximum Gasteiger partial charge on any atom is 0.358 e. The van der Waals surface area contributed by atoms with E-state index in [-0.39, 0.29) is 23.9 Å². The Balaban J connectivity index is 1.84. The number of carboxylic acid groups (broad SMARTS) is 1. The average Bonchev–Trinajstić information content (AvgIpc) is 2.92. The largest absolute Gasteiger partial charge is 0.476 e. The van der Waals surface area contributed by atoms with Gasteiger partial charge in [0.15, 0.2) is 5.69 Å². The van der Waals surface area contributed by atoms with Crippen molar-refractivity contribution in [1.29, 1.82) is 0 Å². The second kappa shape index (κ2) is 5.73. The van der Waals surface area contributed by atoms with Gasteiger partial charge in [-0.3, -0.25) is 0 Å².